The number of nitrogens with one attached hydrogen (secondary N) is 1. The predicted octanol–water partition coefficient (Wildman–Crippen LogP) is 4.37. The Labute approximate surface area is 149 Å². The van der Waals surface area contributed by atoms with E-state index in [2.05, 4.69) is 33.5 Å². The van der Waals surface area contributed by atoms with Crippen molar-refractivity contribution in [3.63, 3.8) is 0 Å². The Balaban J connectivity index is 1.72. The number of thioether (sulfide) groups is 1. The Kier molecular flexibility index (Phi) is 5.82. The fourth-order valence-electron chi connectivity index (χ4n) is 2.29. The van der Waals surface area contributed by atoms with Crippen LogP contribution in [0.4, 0.5) is 0 Å². The molecular formula is C18H19N3OS2. The first kappa shape index (κ1) is 16.9. The molecule has 1 N–H and O–H groups in total. The first-order chi connectivity index (χ1) is 11.8. The zero-order valence-corrected chi connectivity index (χ0v) is 15.1. The summed E-state index contributed by atoms with van der Waals surface area (Å²) >= 11 is 3.29. The van der Waals surface area contributed by atoms with E-state index < -0.39 is 0 Å². The summed E-state index contributed by atoms with van der Waals surface area (Å²) < 4.78 is 0. The van der Waals surface area contributed by atoms with Crippen molar-refractivity contribution in [2.75, 3.05) is 12.3 Å². The fraction of sp³-hybridized carbons (Fsp3) is 0.278. The largest absolute Gasteiger partial charge is 0.356 e. The lowest BCUT2D eigenvalue weighted by Gasteiger charge is -2.03. The quantitative estimate of drug-likeness (QED) is 0.504. The Morgan fingerprint density at radius 3 is 2.88 bits per heavy atom. The number of benzene rings is 1. The number of carbonyl (C=O) groups excluding carboxylic acids is 1. The van der Waals surface area contributed by atoms with Crippen molar-refractivity contribution in [3.8, 4) is 10.4 Å². The molecule has 0 aliphatic rings. The zero-order valence-electron chi connectivity index (χ0n) is 13.5. The molecule has 0 saturated carbocycles. The molecule has 1 amide bonds. The minimum absolute atomic E-state index is 0.102. The second-order valence-corrected chi connectivity index (χ2v) is 7.44. The van der Waals surface area contributed by atoms with Gasteiger partial charge in [0.2, 0.25) is 5.91 Å². The predicted molar refractivity (Wildman–Crippen MR) is 101 cm³/mol. The van der Waals surface area contributed by atoms with Gasteiger partial charge in [0.25, 0.3) is 0 Å². The lowest BCUT2D eigenvalue weighted by Crippen LogP contribution is -2.24. The molecule has 0 saturated heterocycles. The molecule has 3 rings (SSSR count). The van der Waals surface area contributed by atoms with Crippen LogP contribution in [0, 0.1) is 0 Å². The molecule has 0 radical (unpaired) electrons. The summed E-state index contributed by atoms with van der Waals surface area (Å²) in [4.78, 5) is 22.7. The molecule has 0 fully saturated rings. The normalized spacial score (nSPS) is 10.9. The van der Waals surface area contributed by atoms with Crippen LogP contribution in [0.5, 0.6) is 0 Å². The fourth-order valence-corrected chi connectivity index (χ4v) is 4.27. The van der Waals surface area contributed by atoms with Crippen LogP contribution in [-0.4, -0.2) is 28.2 Å². The summed E-state index contributed by atoms with van der Waals surface area (Å²) in [5.74, 6) is 0.822. The number of rotatable bonds is 7. The SMILES string of the molecule is CCCNC(=O)CCSc1ncnc2sc(-c3ccccc3)cc12. The van der Waals surface area contributed by atoms with E-state index >= 15 is 0 Å². The van der Waals surface area contributed by atoms with Gasteiger partial charge in [0, 0.05) is 29.0 Å². The Morgan fingerprint density at radius 2 is 2.08 bits per heavy atom. The molecule has 0 spiro atoms. The Morgan fingerprint density at radius 1 is 1.25 bits per heavy atom. The third-order valence-electron chi connectivity index (χ3n) is 3.49. The average Bonchev–Trinajstić information content (AvgIpc) is 3.06. The molecule has 2 heterocycles. The zero-order chi connectivity index (χ0) is 16.8. The third kappa shape index (κ3) is 4.13. The van der Waals surface area contributed by atoms with Crippen molar-refractivity contribution in [3.05, 3.63) is 42.7 Å². The topological polar surface area (TPSA) is 54.9 Å². The number of hydrogen-bond acceptors (Lipinski definition) is 5. The maximum Gasteiger partial charge on any atom is 0.220 e. The number of fused-ring (bicyclic) bond motifs is 1. The molecule has 0 unspecified atom stereocenters. The van der Waals surface area contributed by atoms with Crippen LogP contribution in [0.2, 0.25) is 0 Å². The van der Waals surface area contributed by atoms with E-state index in [1.165, 1.54) is 10.4 Å². The van der Waals surface area contributed by atoms with E-state index in [4.69, 9.17) is 0 Å². The van der Waals surface area contributed by atoms with Gasteiger partial charge in [-0.15, -0.1) is 23.1 Å². The van der Waals surface area contributed by atoms with Gasteiger partial charge in [0.05, 0.1) is 0 Å². The van der Waals surface area contributed by atoms with Crippen LogP contribution in [-0.2, 0) is 4.79 Å². The molecule has 0 aliphatic carbocycles. The van der Waals surface area contributed by atoms with Crippen molar-refractivity contribution < 1.29 is 4.79 Å². The second-order valence-electron chi connectivity index (χ2n) is 5.32. The van der Waals surface area contributed by atoms with E-state index in [-0.39, 0.29) is 5.91 Å². The lowest BCUT2D eigenvalue weighted by atomic mass is 10.2. The molecular weight excluding hydrogens is 338 g/mol. The van der Waals surface area contributed by atoms with Gasteiger partial charge in [-0.2, -0.15) is 0 Å². The first-order valence-corrected chi connectivity index (χ1v) is 9.77. The van der Waals surface area contributed by atoms with Gasteiger partial charge in [0.1, 0.15) is 16.2 Å². The van der Waals surface area contributed by atoms with E-state index in [9.17, 15) is 4.79 Å². The highest BCUT2D eigenvalue weighted by Crippen LogP contribution is 2.36. The van der Waals surface area contributed by atoms with Crippen LogP contribution in [0.1, 0.15) is 19.8 Å². The molecule has 0 aliphatic heterocycles. The molecule has 4 nitrogen and oxygen atoms in total. The van der Waals surface area contributed by atoms with Gasteiger partial charge in [-0.05, 0) is 18.1 Å². The van der Waals surface area contributed by atoms with Gasteiger partial charge >= 0.3 is 0 Å². The summed E-state index contributed by atoms with van der Waals surface area (Å²) in [5.41, 5.74) is 1.19. The van der Waals surface area contributed by atoms with Gasteiger partial charge in [-0.3, -0.25) is 4.79 Å². The molecule has 0 atom stereocenters. The van der Waals surface area contributed by atoms with Crippen molar-refractivity contribution >= 4 is 39.2 Å². The third-order valence-corrected chi connectivity index (χ3v) is 5.59. The minimum Gasteiger partial charge on any atom is -0.356 e. The molecule has 3 aromatic rings. The van der Waals surface area contributed by atoms with E-state index in [1.807, 2.05) is 25.1 Å². The van der Waals surface area contributed by atoms with Gasteiger partial charge in [0.15, 0.2) is 0 Å². The number of aromatic nitrogens is 2. The van der Waals surface area contributed by atoms with Crippen molar-refractivity contribution in [1.29, 1.82) is 0 Å². The monoisotopic (exact) mass is 357 g/mol. The van der Waals surface area contributed by atoms with Crippen molar-refractivity contribution in [1.82, 2.24) is 15.3 Å². The highest BCUT2D eigenvalue weighted by atomic mass is 32.2. The Hall–Kier alpha value is -1.92. The average molecular weight is 358 g/mol. The highest BCUT2D eigenvalue weighted by Gasteiger charge is 2.11. The summed E-state index contributed by atoms with van der Waals surface area (Å²) in [7, 11) is 0. The molecule has 1 aromatic carbocycles. The standard InChI is InChI=1S/C18H19N3OS2/c1-2-9-19-16(22)8-10-23-17-14-11-15(13-6-4-3-5-7-13)24-18(14)21-12-20-17/h3-7,11-12H,2,8-10H2,1H3,(H,19,22). The molecule has 6 heteroatoms. The van der Waals surface area contributed by atoms with Crippen LogP contribution in [0.3, 0.4) is 0 Å². The smallest absolute Gasteiger partial charge is 0.220 e. The lowest BCUT2D eigenvalue weighted by molar-refractivity contribution is -0.120. The number of thiophene rings is 1. The summed E-state index contributed by atoms with van der Waals surface area (Å²) in [5, 5.41) is 4.91. The Bertz CT molecular complexity index is 818. The number of amides is 1. The van der Waals surface area contributed by atoms with Crippen LogP contribution < -0.4 is 5.32 Å². The first-order valence-electron chi connectivity index (χ1n) is 7.97. The van der Waals surface area contributed by atoms with Crippen LogP contribution in [0.15, 0.2) is 47.8 Å². The maximum absolute atomic E-state index is 11.7. The minimum atomic E-state index is 0.102. The van der Waals surface area contributed by atoms with E-state index in [0.717, 1.165) is 34.0 Å². The van der Waals surface area contributed by atoms with Crippen LogP contribution in [0.25, 0.3) is 20.7 Å². The highest BCUT2D eigenvalue weighted by molar-refractivity contribution is 7.99. The van der Waals surface area contributed by atoms with Crippen molar-refractivity contribution in [2.45, 2.75) is 24.8 Å². The van der Waals surface area contributed by atoms with E-state index in [0.29, 0.717) is 6.42 Å². The number of carbonyl (C=O) groups is 1. The maximum atomic E-state index is 11.7. The summed E-state index contributed by atoms with van der Waals surface area (Å²) in [6, 6.07) is 12.4. The summed E-state index contributed by atoms with van der Waals surface area (Å²) in [6.45, 7) is 2.79. The van der Waals surface area contributed by atoms with Gasteiger partial charge in [-0.1, -0.05) is 37.3 Å². The molecule has 0 bridgehead atoms. The van der Waals surface area contributed by atoms with E-state index in [1.54, 1.807) is 29.4 Å². The van der Waals surface area contributed by atoms with Crippen molar-refractivity contribution in [2.24, 2.45) is 0 Å². The van der Waals surface area contributed by atoms with Crippen LogP contribution >= 0.6 is 23.1 Å². The molecule has 24 heavy (non-hydrogen) atoms. The van der Waals surface area contributed by atoms with Gasteiger partial charge in [-0.25, -0.2) is 9.97 Å². The summed E-state index contributed by atoms with van der Waals surface area (Å²) in [6.07, 6.45) is 3.07. The molecule has 2 aromatic heterocycles. The van der Waals surface area contributed by atoms with Gasteiger partial charge < -0.3 is 5.32 Å². The second kappa shape index (κ2) is 8.26. The number of nitrogens with zero attached hydrogens (tertiary/aromatic N) is 2. The number of hydrogen-bond donors (Lipinski definition) is 1. The molecule has 124 valence electrons.